The van der Waals surface area contributed by atoms with Gasteiger partial charge >= 0.3 is 0 Å². The summed E-state index contributed by atoms with van der Waals surface area (Å²) in [5.41, 5.74) is 2.03. The van der Waals surface area contributed by atoms with Gasteiger partial charge in [0.1, 0.15) is 16.8 Å². The highest BCUT2D eigenvalue weighted by Gasteiger charge is 2.07. The van der Waals surface area contributed by atoms with Crippen molar-refractivity contribution in [3.63, 3.8) is 0 Å². The quantitative estimate of drug-likeness (QED) is 0.682. The molecule has 0 saturated carbocycles. The van der Waals surface area contributed by atoms with E-state index < -0.39 is 0 Å². The highest BCUT2D eigenvalue weighted by molar-refractivity contribution is 7.98. The van der Waals surface area contributed by atoms with E-state index in [1.54, 1.807) is 36.2 Å². The number of rotatable bonds is 6. The van der Waals surface area contributed by atoms with Crippen LogP contribution in [0.3, 0.4) is 0 Å². The van der Waals surface area contributed by atoms with Crippen LogP contribution in [0, 0.1) is 0 Å². The van der Waals surface area contributed by atoms with Crippen LogP contribution in [0.2, 0.25) is 0 Å². The predicted octanol–water partition coefficient (Wildman–Crippen LogP) is 2.21. The van der Waals surface area contributed by atoms with Crippen molar-refractivity contribution in [1.29, 1.82) is 0 Å². The molecule has 0 unspecified atom stereocenters. The molecule has 0 bridgehead atoms. The minimum Gasteiger partial charge on any atom is -0.468 e. The molecule has 0 fully saturated rings. The molecule has 108 valence electrons. The van der Waals surface area contributed by atoms with Crippen LogP contribution in [0.4, 0.5) is 0 Å². The molecule has 2 aromatic heterocycles. The average Bonchev–Trinajstić information content (AvgIpc) is 3.17. The predicted molar refractivity (Wildman–Crippen MR) is 81.1 cm³/mol. The zero-order valence-corrected chi connectivity index (χ0v) is 12.0. The average molecular weight is 302 g/mol. The zero-order chi connectivity index (χ0) is 14.5. The zero-order valence-electron chi connectivity index (χ0n) is 11.2. The molecule has 21 heavy (non-hydrogen) atoms. The number of H-pyrrole nitrogens is 1. The number of hydrogen-bond acceptors (Lipinski definition) is 5. The molecule has 0 saturated heterocycles. The van der Waals surface area contributed by atoms with Crippen molar-refractivity contribution >= 4 is 28.7 Å². The Bertz CT molecular complexity index is 723. The van der Waals surface area contributed by atoms with Crippen molar-refractivity contribution in [3.8, 4) is 0 Å². The topological polar surface area (TPSA) is 83.8 Å². The van der Waals surface area contributed by atoms with Gasteiger partial charge in [0.25, 0.3) is 5.91 Å². The highest BCUT2D eigenvalue weighted by Crippen LogP contribution is 2.12. The van der Waals surface area contributed by atoms with Crippen LogP contribution >= 0.6 is 11.8 Å². The van der Waals surface area contributed by atoms with Gasteiger partial charge in [0, 0.05) is 17.9 Å². The van der Waals surface area contributed by atoms with Crippen molar-refractivity contribution < 1.29 is 9.21 Å². The van der Waals surface area contributed by atoms with Gasteiger partial charge in [0.2, 0.25) is 0 Å². The third-order valence-electron chi connectivity index (χ3n) is 2.93. The molecule has 0 radical (unpaired) electrons. The van der Waals surface area contributed by atoms with E-state index in [2.05, 4.69) is 20.7 Å². The number of fused-ring (bicyclic) bond motifs is 1. The maximum absolute atomic E-state index is 12.0. The Morgan fingerprint density at radius 1 is 1.29 bits per heavy atom. The van der Waals surface area contributed by atoms with Gasteiger partial charge in [-0.25, -0.2) is 0 Å². The first-order valence-electron chi connectivity index (χ1n) is 6.52. The van der Waals surface area contributed by atoms with Crippen LogP contribution < -0.4 is 5.32 Å². The summed E-state index contributed by atoms with van der Waals surface area (Å²) in [5, 5.41) is 13.3. The minimum absolute atomic E-state index is 0.0986. The number of furan rings is 1. The van der Waals surface area contributed by atoms with Crippen molar-refractivity contribution in [2.24, 2.45) is 0 Å². The van der Waals surface area contributed by atoms with Gasteiger partial charge in [-0.1, -0.05) is 0 Å². The van der Waals surface area contributed by atoms with E-state index in [4.69, 9.17) is 4.42 Å². The molecule has 1 amide bonds. The Labute approximate surface area is 125 Å². The van der Waals surface area contributed by atoms with Gasteiger partial charge in [-0.3, -0.25) is 4.79 Å². The number of thioether (sulfide) groups is 1. The summed E-state index contributed by atoms with van der Waals surface area (Å²) in [6.45, 7) is 0.612. The first-order valence-corrected chi connectivity index (χ1v) is 7.67. The van der Waals surface area contributed by atoms with Crippen LogP contribution in [0.15, 0.2) is 41.0 Å². The fraction of sp³-hybridized carbons (Fsp3) is 0.214. The molecule has 7 heteroatoms. The second kappa shape index (κ2) is 6.45. The monoisotopic (exact) mass is 302 g/mol. The van der Waals surface area contributed by atoms with Crippen LogP contribution in [0.1, 0.15) is 16.1 Å². The number of nitrogens with one attached hydrogen (secondary N) is 2. The van der Waals surface area contributed by atoms with Crippen LogP contribution in [-0.4, -0.2) is 33.6 Å². The standard InChI is InChI=1S/C14H14N4O2S/c19-14(10-3-4-12-13(8-10)17-18-16-12)15-5-7-21-9-11-2-1-6-20-11/h1-4,6,8H,5,7,9H2,(H,15,19)(H,16,17,18). The number of hydrogen-bond donors (Lipinski definition) is 2. The summed E-state index contributed by atoms with van der Waals surface area (Å²) >= 11 is 1.72. The molecular weight excluding hydrogens is 288 g/mol. The summed E-state index contributed by atoms with van der Waals surface area (Å²) < 4.78 is 5.24. The fourth-order valence-electron chi connectivity index (χ4n) is 1.89. The van der Waals surface area contributed by atoms with Gasteiger partial charge in [-0.2, -0.15) is 27.2 Å². The van der Waals surface area contributed by atoms with Gasteiger partial charge in [0.05, 0.1) is 12.0 Å². The van der Waals surface area contributed by atoms with Crippen LogP contribution in [0.25, 0.3) is 11.0 Å². The number of nitrogens with zero attached hydrogens (tertiary/aromatic N) is 2. The van der Waals surface area contributed by atoms with Gasteiger partial charge < -0.3 is 9.73 Å². The molecule has 2 N–H and O–H groups in total. The number of aromatic amines is 1. The maximum atomic E-state index is 12.0. The molecule has 0 spiro atoms. The Morgan fingerprint density at radius 3 is 3.05 bits per heavy atom. The lowest BCUT2D eigenvalue weighted by Crippen LogP contribution is -2.25. The minimum atomic E-state index is -0.0986. The summed E-state index contributed by atoms with van der Waals surface area (Å²) in [6.07, 6.45) is 1.66. The molecule has 2 heterocycles. The van der Waals surface area contributed by atoms with Crippen LogP contribution in [-0.2, 0) is 5.75 Å². The first-order chi connectivity index (χ1) is 10.3. The van der Waals surface area contributed by atoms with Gasteiger partial charge in [0.15, 0.2) is 0 Å². The number of aromatic nitrogens is 3. The van der Waals surface area contributed by atoms with Gasteiger partial charge in [-0.05, 0) is 30.3 Å². The summed E-state index contributed by atoms with van der Waals surface area (Å²) in [7, 11) is 0. The Hall–Kier alpha value is -2.28. The molecule has 0 aliphatic heterocycles. The first kappa shape index (κ1) is 13.7. The molecule has 6 nitrogen and oxygen atoms in total. The molecule has 1 aromatic carbocycles. The second-order valence-electron chi connectivity index (χ2n) is 4.41. The summed E-state index contributed by atoms with van der Waals surface area (Å²) in [4.78, 5) is 12.0. The van der Waals surface area contributed by atoms with Crippen molar-refractivity contribution in [2.75, 3.05) is 12.3 Å². The Kier molecular flexibility index (Phi) is 4.20. The largest absolute Gasteiger partial charge is 0.468 e. The number of carbonyl (C=O) groups is 1. The number of carbonyl (C=O) groups excluding carboxylic acids is 1. The van der Waals surface area contributed by atoms with E-state index in [0.29, 0.717) is 17.6 Å². The second-order valence-corrected chi connectivity index (χ2v) is 5.52. The molecular formula is C14H14N4O2S. The van der Waals surface area contributed by atoms with E-state index >= 15 is 0 Å². The number of amides is 1. The van der Waals surface area contributed by atoms with E-state index in [-0.39, 0.29) is 5.91 Å². The van der Waals surface area contributed by atoms with Crippen molar-refractivity contribution in [2.45, 2.75) is 5.75 Å². The fourth-order valence-corrected chi connectivity index (χ4v) is 2.64. The van der Waals surface area contributed by atoms with E-state index in [1.807, 2.05) is 12.1 Å². The normalized spacial score (nSPS) is 10.9. The molecule has 3 aromatic rings. The lowest BCUT2D eigenvalue weighted by molar-refractivity contribution is 0.0956. The lowest BCUT2D eigenvalue weighted by atomic mass is 10.2. The van der Waals surface area contributed by atoms with Gasteiger partial charge in [-0.15, -0.1) is 0 Å². The molecule has 3 rings (SSSR count). The van der Waals surface area contributed by atoms with Crippen molar-refractivity contribution in [1.82, 2.24) is 20.7 Å². The molecule has 0 aliphatic rings. The Balaban J connectivity index is 1.45. The molecule has 0 aliphatic carbocycles. The van der Waals surface area contributed by atoms with E-state index in [0.717, 1.165) is 22.8 Å². The summed E-state index contributed by atoms with van der Waals surface area (Å²) in [6, 6.07) is 9.07. The lowest BCUT2D eigenvalue weighted by Gasteiger charge is -2.04. The smallest absolute Gasteiger partial charge is 0.251 e. The number of benzene rings is 1. The third-order valence-corrected chi connectivity index (χ3v) is 3.92. The third kappa shape index (κ3) is 3.43. The van der Waals surface area contributed by atoms with E-state index in [9.17, 15) is 4.79 Å². The van der Waals surface area contributed by atoms with Crippen LogP contribution in [0.5, 0.6) is 0 Å². The molecule has 0 atom stereocenters. The summed E-state index contributed by atoms with van der Waals surface area (Å²) in [5.74, 6) is 2.49. The SMILES string of the molecule is O=C(NCCSCc1ccco1)c1ccc2n[nH]nc2c1. The van der Waals surface area contributed by atoms with E-state index in [1.165, 1.54) is 0 Å². The van der Waals surface area contributed by atoms with Crippen molar-refractivity contribution in [3.05, 3.63) is 47.9 Å². The maximum Gasteiger partial charge on any atom is 0.251 e. The highest BCUT2D eigenvalue weighted by atomic mass is 32.2. The Morgan fingerprint density at radius 2 is 2.19 bits per heavy atom.